The van der Waals surface area contributed by atoms with E-state index in [9.17, 15) is 18.0 Å². The van der Waals surface area contributed by atoms with Crippen molar-refractivity contribution in [2.45, 2.75) is 32.0 Å². The van der Waals surface area contributed by atoms with Crippen molar-refractivity contribution in [3.8, 4) is 12.3 Å². The standard InChI is InChI=1S/C14H13F3O2/c1-3-6-10(2)19-13(18)9-11-7-4-5-8-12(11)14(15,16)17/h1,4-5,7-8,10H,6,9H2,2H3/t10-/m1/s1. The summed E-state index contributed by atoms with van der Waals surface area (Å²) < 4.78 is 43.0. The molecule has 0 radical (unpaired) electrons. The van der Waals surface area contributed by atoms with Crippen LogP contribution < -0.4 is 0 Å². The molecule has 1 rings (SSSR count). The lowest BCUT2D eigenvalue weighted by Crippen LogP contribution is -2.18. The fourth-order valence-corrected chi connectivity index (χ4v) is 1.58. The van der Waals surface area contributed by atoms with Crippen LogP contribution in [0.15, 0.2) is 24.3 Å². The second-order valence-electron chi connectivity index (χ2n) is 4.04. The highest BCUT2D eigenvalue weighted by Crippen LogP contribution is 2.32. The smallest absolute Gasteiger partial charge is 0.416 e. The van der Waals surface area contributed by atoms with Gasteiger partial charge in [0.25, 0.3) is 0 Å². The van der Waals surface area contributed by atoms with Crippen molar-refractivity contribution in [1.29, 1.82) is 0 Å². The molecule has 1 aromatic rings. The van der Waals surface area contributed by atoms with Gasteiger partial charge < -0.3 is 4.74 Å². The Balaban J connectivity index is 2.78. The molecule has 0 aromatic heterocycles. The quantitative estimate of drug-likeness (QED) is 0.620. The topological polar surface area (TPSA) is 26.3 Å². The van der Waals surface area contributed by atoms with E-state index in [1.54, 1.807) is 6.92 Å². The second-order valence-corrected chi connectivity index (χ2v) is 4.04. The average Bonchev–Trinajstić information content (AvgIpc) is 2.28. The van der Waals surface area contributed by atoms with Crippen LogP contribution in [0.3, 0.4) is 0 Å². The molecule has 0 aliphatic heterocycles. The molecule has 0 fully saturated rings. The van der Waals surface area contributed by atoms with Crippen LogP contribution in [0.25, 0.3) is 0 Å². The number of carbonyl (C=O) groups excluding carboxylic acids is 1. The first-order chi connectivity index (χ1) is 8.84. The second kappa shape index (κ2) is 6.28. The fraction of sp³-hybridized carbons (Fsp3) is 0.357. The van der Waals surface area contributed by atoms with E-state index in [4.69, 9.17) is 11.2 Å². The molecule has 0 unspecified atom stereocenters. The highest BCUT2D eigenvalue weighted by atomic mass is 19.4. The zero-order chi connectivity index (χ0) is 14.5. The first kappa shape index (κ1) is 15.1. The third kappa shape index (κ3) is 4.66. The zero-order valence-electron chi connectivity index (χ0n) is 10.3. The van der Waals surface area contributed by atoms with Gasteiger partial charge in [0.2, 0.25) is 0 Å². The molecular formula is C14H13F3O2. The molecule has 2 nitrogen and oxygen atoms in total. The number of benzene rings is 1. The summed E-state index contributed by atoms with van der Waals surface area (Å²) in [5.41, 5.74) is -0.926. The van der Waals surface area contributed by atoms with E-state index in [2.05, 4.69) is 5.92 Å². The van der Waals surface area contributed by atoms with Crippen molar-refractivity contribution in [1.82, 2.24) is 0 Å². The van der Waals surface area contributed by atoms with Crippen molar-refractivity contribution in [2.75, 3.05) is 0 Å². The van der Waals surface area contributed by atoms with E-state index in [0.717, 1.165) is 6.07 Å². The summed E-state index contributed by atoms with van der Waals surface area (Å²) in [4.78, 5) is 11.5. The van der Waals surface area contributed by atoms with E-state index >= 15 is 0 Å². The van der Waals surface area contributed by atoms with Crippen molar-refractivity contribution in [3.63, 3.8) is 0 Å². The number of terminal acetylenes is 1. The van der Waals surface area contributed by atoms with E-state index in [1.807, 2.05) is 0 Å². The third-order valence-electron chi connectivity index (χ3n) is 2.40. The number of rotatable bonds is 4. The molecule has 0 aliphatic rings. The molecule has 0 saturated carbocycles. The summed E-state index contributed by atoms with van der Waals surface area (Å²) in [6.07, 6.45) is -0.137. The highest BCUT2D eigenvalue weighted by molar-refractivity contribution is 5.73. The van der Waals surface area contributed by atoms with E-state index in [1.165, 1.54) is 18.2 Å². The molecule has 0 spiro atoms. The first-order valence-electron chi connectivity index (χ1n) is 5.62. The molecule has 102 valence electrons. The molecule has 19 heavy (non-hydrogen) atoms. The monoisotopic (exact) mass is 270 g/mol. The Morgan fingerprint density at radius 1 is 1.42 bits per heavy atom. The maximum atomic E-state index is 12.7. The Morgan fingerprint density at radius 3 is 2.63 bits per heavy atom. The lowest BCUT2D eigenvalue weighted by atomic mass is 10.0. The molecule has 0 aliphatic carbocycles. The van der Waals surface area contributed by atoms with Crippen LogP contribution in [-0.4, -0.2) is 12.1 Å². The van der Waals surface area contributed by atoms with Crippen LogP contribution in [-0.2, 0) is 22.1 Å². The molecule has 1 aromatic carbocycles. The van der Waals surface area contributed by atoms with Crippen molar-refractivity contribution < 1.29 is 22.7 Å². The number of carbonyl (C=O) groups is 1. The van der Waals surface area contributed by atoms with Crippen LogP contribution in [0.2, 0.25) is 0 Å². The van der Waals surface area contributed by atoms with Gasteiger partial charge in [-0.1, -0.05) is 18.2 Å². The van der Waals surface area contributed by atoms with Crippen molar-refractivity contribution in [3.05, 3.63) is 35.4 Å². The zero-order valence-corrected chi connectivity index (χ0v) is 10.3. The minimum absolute atomic E-state index is 0.104. The van der Waals surface area contributed by atoms with Crippen molar-refractivity contribution in [2.24, 2.45) is 0 Å². The van der Waals surface area contributed by atoms with Gasteiger partial charge in [0.15, 0.2) is 0 Å². The predicted octanol–water partition coefficient (Wildman–Crippen LogP) is 3.20. The summed E-state index contributed by atoms with van der Waals surface area (Å²) in [5, 5.41) is 0. The van der Waals surface area contributed by atoms with Gasteiger partial charge in [-0.05, 0) is 18.6 Å². The van der Waals surface area contributed by atoms with Gasteiger partial charge in [0.05, 0.1) is 12.0 Å². The molecule has 5 heteroatoms. The predicted molar refractivity (Wildman–Crippen MR) is 64.2 cm³/mol. The summed E-state index contributed by atoms with van der Waals surface area (Å²) in [7, 11) is 0. The maximum Gasteiger partial charge on any atom is 0.416 e. The molecule has 0 saturated heterocycles. The van der Waals surface area contributed by atoms with Gasteiger partial charge in [-0.15, -0.1) is 12.3 Å². The van der Waals surface area contributed by atoms with E-state index in [-0.39, 0.29) is 12.0 Å². The molecule has 0 amide bonds. The maximum absolute atomic E-state index is 12.7. The number of alkyl halides is 3. The van der Waals surface area contributed by atoms with E-state index in [0.29, 0.717) is 0 Å². The third-order valence-corrected chi connectivity index (χ3v) is 2.40. The van der Waals surface area contributed by atoms with Gasteiger partial charge in [-0.25, -0.2) is 0 Å². The number of esters is 1. The summed E-state index contributed by atoms with van der Waals surface area (Å²) in [5.74, 6) is 1.59. The van der Waals surface area contributed by atoms with Gasteiger partial charge in [-0.2, -0.15) is 13.2 Å². The van der Waals surface area contributed by atoms with Gasteiger partial charge in [0.1, 0.15) is 6.10 Å². The number of hydrogen-bond acceptors (Lipinski definition) is 2. The fourth-order valence-electron chi connectivity index (χ4n) is 1.58. The summed E-state index contributed by atoms with van der Waals surface area (Å²) in [6.45, 7) is 1.59. The highest BCUT2D eigenvalue weighted by Gasteiger charge is 2.33. The molecule has 0 heterocycles. The summed E-state index contributed by atoms with van der Waals surface area (Å²) in [6, 6.07) is 4.92. The lowest BCUT2D eigenvalue weighted by Gasteiger charge is -2.14. The van der Waals surface area contributed by atoms with Crippen LogP contribution in [0.4, 0.5) is 13.2 Å². The van der Waals surface area contributed by atoms with Crippen LogP contribution in [0, 0.1) is 12.3 Å². The molecular weight excluding hydrogens is 257 g/mol. The van der Waals surface area contributed by atoms with Crippen LogP contribution >= 0.6 is 0 Å². The lowest BCUT2D eigenvalue weighted by molar-refractivity contribution is -0.147. The largest absolute Gasteiger partial charge is 0.461 e. The minimum Gasteiger partial charge on any atom is -0.461 e. The Labute approximate surface area is 109 Å². The van der Waals surface area contributed by atoms with Crippen molar-refractivity contribution >= 4 is 5.97 Å². The molecule has 0 N–H and O–H groups in total. The average molecular weight is 270 g/mol. The Morgan fingerprint density at radius 2 is 2.05 bits per heavy atom. The summed E-state index contributed by atoms with van der Waals surface area (Å²) >= 11 is 0. The SMILES string of the molecule is C#CC[C@@H](C)OC(=O)Cc1ccccc1C(F)(F)F. The Hall–Kier alpha value is -1.96. The van der Waals surface area contributed by atoms with Gasteiger partial charge in [0, 0.05) is 6.42 Å². The Kier molecular flexibility index (Phi) is 4.99. The first-order valence-corrected chi connectivity index (χ1v) is 5.62. The number of halogens is 3. The van der Waals surface area contributed by atoms with E-state index < -0.39 is 30.2 Å². The molecule has 1 atom stereocenters. The van der Waals surface area contributed by atoms with Gasteiger partial charge in [-0.3, -0.25) is 4.79 Å². The Bertz CT molecular complexity index is 486. The van der Waals surface area contributed by atoms with Crippen LogP contribution in [0.5, 0.6) is 0 Å². The number of hydrogen-bond donors (Lipinski definition) is 0. The number of ether oxygens (including phenoxy) is 1. The van der Waals surface area contributed by atoms with Gasteiger partial charge >= 0.3 is 12.1 Å². The minimum atomic E-state index is -4.48. The molecule has 0 bridgehead atoms. The van der Waals surface area contributed by atoms with Crippen LogP contribution in [0.1, 0.15) is 24.5 Å². The normalized spacial score (nSPS) is 12.6.